The number of nitrogens with one attached hydrogen (secondary N) is 2. The van der Waals surface area contributed by atoms with Gasteiger partial charge in [0.25, 0.3) is 5.91 Å². The number of halogens is 1. The SMILES string of the molecule is NC(=O)c1oc2ccc3nc(Nc4cc(Cl)ncn4)ccc3c2c1NCCCO. The van der Waals surface area contributed by atoms with E-state index in [2.05, 4.69) is 25.6 Å². The molecule has 10 heteroatoms. The van der Waals surface area contributed by atoms with Crippen LogP contribution in [0.15, 0.2) is 41.1 Å². The molecule has 4 rings (SSSR count). The van der Waals surface area contributed by atoms with E-state index in [1.165, 1.54) is 6.33 Å². The lowest BCUT2D eigenvalue weighted by Gasteiger charge is -2.08. The maximum atomic E-state index is 11.8. The molecule has 0 radical (unpaired) electrons. The quantitative estimate of drug-likeness (QED) is 0.268. The molecular formula is C19H17ClN6O3. The molecule has 4 aromatic rings. The summed E-state index contributed by atoms with van der Waals surface area (Å²) in [7, 11) is 0. The summed E-state index contributed by atoms with van der Waals surface area (Å²) in [4.78, 5) is 24.4. The zero-order valence-corrected chi connectivity index (χ0v) is 15.9. The van der Waals surface area contributed by atoms with Crippen molar-refractivity contribution in [3.63, 3.8) is 0 Å². The molecule has 29 heavy (non-hydrogen) atoms. The maximum absolute atomic E-state index is 11.8. The zero-order valence-electron chi connectivity index (χ0n) is 15.1. The Morgan fingerprint density at radius 2 is 2.07 bits per heavy atom. The Bertz CT molecular complexity index is 1210. The molecule has 5 N–H and O–H groups in total. The second kappa shape index (κ2) is 7.90. The summed E-state index contributed by atoms with van der Waals surface area (Å²) in [5.41, 5.74) is 7.18. The van der Waals surface area contributed by atoms with Crippen molar-refractivity contribution in [1.29, 1.82) is 0 Å². The highest BCUT2D eigenvalue weighted by Crippen LogP contribution is 2.36. The summed E-state index contributed by atoms with van der Waals surface area (Å²) in [6.45, 7) is 0.489. The fraction of sp³-hybridized carbons (Fsp3) is 0.158. The number of anilines is 3. The molecule has 0 aliphatic carbocycles. The van der Waals surface area contributed by atoms with Crippen molar-refractivity contribution in [2.45, 2.75) is 6.42 Å². The molecule has 1 aromatic carbocycles. The molecule has 0 fully saturated rings. The average molecular weight is 413 g/mol. The van der Waals surface area contributed by atoms with E-state index < -0.39 is 5.91 Å². The largest absolute Gasteiger partial charge is 0.449 e. The molecule has 9 nitrogen and oxygen atoms in total. The minimum absolute atomic E-state index is 0.0269. The van der Waals surface area contributed by atoms with Crippen LogP contribution in [0.2, 0.25) is 5.15 Å². The van der Waals surface area contributed by atoms with Crippen molar-refractivity contribution >= 4 is 56.7 Å². The minimum Gasteiger partial charge on any atom is -0.449 e. The van der Waals surface area contributed by atoms with Crippen molar-refractivity contribution in [1.82, 2.24) is 15.0 Å². The fourth-order valence-electron chi connectivity index (χ4n) is 3.04. The summed E-state index contributed by atoms with van der Waals surface area (Å²) in [5.74, 6) is 0.458. The number of nitrogens with two attached hydrogens (primary N) is 1. The van der Waals surface area contributed by atoms with Gasteiger partial charge in [-0.3, -0.25) is 4.79 Å². The highest BCUT2D eigenvalue weighted by atomic mass is 35.5. The van der Waals surface area contributed by atoms with Crippen molar-refractivity contribution in [2.75, 3.05) is 23.8 Å². The topological polar surface area (TPSA) is 139 Å². The first kappa shape index (κ1) is 18.9. The molecule has 0 unspecified atom stereocenters. The first-order valence-corrected chi connectivity index (χ1v) is 9.20. The van der Waals surface area contributed by atoms with Crippen LogP contribution in [0.3, 0.4) is 0 Å². The number of aliphatic hydroxyl groups is 1. The van der Waals surface area contributed by atoms with Crippen molar-refractivity contribution in [2.24, 2.45) is 5.73 Å². The van der Waals surface area contributed by atoms with Gasteiger partial charge in [-0.2, -0.15) is 0 Å². The number of primary amides is 1. The van der Waals surface area contributed by atoms with E-state index in [-0.39, 0.29) is 12.4 Å². The molecule has 0 atom stereocenters. The molecule has 0 spiro atoms. The van der Waals surface area contributed by atoms with Crippen LogP contribution in [-0.4, -0.2) is 39.1 Å². The number of carbonyl (C=O) groups excluding carboxylic acids is 1. The van der Waals surface area contributed by atoms with Crippen LogP contribution in [0, 0.1) is 0 Å². The van der Waals surface area contributed by atoms with Crippen LogP contribution < -0.4 is 16.4 Å². The molecular weight excluding hydrogens is 396 g/mol. The van der Waals surface area contributed by atoms with Gasteiger partial charge < -0.3 is 25.9 Å². The number of nitrogens with zero attached hydrogens (tertiary/aromatic N) is 3. The number of rotatable bonds is 7. The molecule has 3 heterocycles. The summed E-state index contributed by atoms with van der Waals surface area (Å²) < 4.78 is 5.66. The van der Waals surface area contributed by atoms with Gasteiger partial charge >= 0.3 is 0 Å². The third kappa shape index (κ3) is 3.78. The van der Waals surface area contributed by atoms with Gasteiger partial charge in [-0.05, 0) is 30.7 Å². The maximum Gasteiger partial charge on any atom is 0.286 e. The number of amides is 1. The normalized spacial score (nSPS) is 11.1. The number of fused-ring (bicyclic) bond motifs is 3. The Hall–Kier alpha value is -3.43. The number of aromatic nitrogens is 3. The number of carbonyl (C=O) groups is 1. The molecule has 3 aromatic heterocycles. The standard InChI is InChI=1S/C19H17ClN6O3/c20-13-8-15(24-9-23-13)26-14-5-2-10-11(25-14)3-4-12-16(10)17(22-6-1-7-27)18(29-12)19(21)28/h2-5,8-9,22,27H,1,6-7H2,(H2,21,28)(H,23,24,25,26). The molecule has 0 saturated heterocycles. The second-order valence-electron chi connectivity index (χ2n) is 6.23. The van der Waals surface area contributed by atoms with Crippen LogP contribution in [0.4, 0.5) is 17.3 Å². The smallest absolute Gasteiger partial charge is 0.286 e. The molecule has 1 amide bonds. The number of hydrogen-bond donors (Lipinski definition) is 4. The van der Waals surface area contributed by atoms with Gasteiger partial charge in [0.05, 0.1) is 16.6 Å². The summed E-state index contributed by atoms with van der Waals surface area (Å²) in [6.07, 6.45) is 1.87. The number of aliphatic hydroxyl groups excluding tert-OH is 1. The van der Waals surface area contributed by atoms with Gasteiger partial charge in [-0.15, -0.1) is 0 Å². The molecule has 0 aliphatic rings. The molecule has 0 bridgehead atoms. The Balaban J connectivity index is 1.79. The van der Waals surface area contributed by atoms with Gasteiger partial charge in [0.1, 0.15) is 28.7 Å². The lowest BCUT2D eigenvalue weighted by molar-refractivity contribution is 0.0977. The zero-order chi connectivity index (χ0) is 20.4. The molecule has 0 saturated carbocycles. The van der Waals surface area contributed by atoms with E-state index in [9.17, 15) is 4.79 Å². The van der Waals surface area contributed by atoms with E-state index in [1.807, 2.05) is 6.07 Å². The number of furan rings is 1. The fourth-order valence-corrected chi connectivity index (χ4v) is 3.19. The highest BCUT2D eigenvalue weighted by Gasteiger charge is 2.20. The minimum atomic E-state index is -0.673. The first-order chi connectivity index (χ1) is 14.1. The van der Waals surface area contributed by atoms with E-state index >= 15 is 0 Å². The Morgan fingerprint density at radius 1 is 1.21 bits per heavy atom. The first-order valence-electron chi connectivity index (χ1n) is 8.82. The highest BCUT2D eigenvalue weighted by molar-refractivity contribution is 6.29. The Kier molecular flexibility index (Phi) is 5.15. The van der Waals surface area contributed by atoms with E-state index in [0.717, 1.165) is 5.39 Å². The van der Waals surface area contributed by atoms with Crippen LogP contribution >= 0.6 is 11.6 Å². The van der Waals surface area contributed by atoms with Gasteiger partial charge in [0.2, 0.25) is 5.76 Å². The van der Waals surface area contributed by atoms with Crippen LogP contribution in [0.5, 0.6) is 0 Å². The summed E-state index contributed by atoms with van der Waals surface area (Å²) in [6, 6.07) is 8.77. The third-order valence-electron chi connectivity index (χ3n) is 4.27. The summed E-state index contributed by atoms with van der Waals surface area (Å²) >= 11 is 5.89. The molecule has 148 valence electrons. The lowest BCUT2D eigenvalue weighted by Crippen LogP contribution is -2.13. The number of pyridine rings is 1. The third-order valence-corrected chi connectivity index (χ3v) is 4.48. The van der Waals surface area contributed by atoms with Crippen LogP contribution in [-0.2, 0) is 0 Å². The predicted molar refractivity (Wildman–Crippen MR) is 111 cm³/mol. The van der Waals surface area contributed by atoms with Gasteiger partial charge in [0.15, 0.2) is 0 Å². The van der Waals surface area contributed by atoms with E-state index in [0.29, 0.717) is 51.9 Å². The molecule has 0 aliphatic heterocycles. The van der Waals surface area contributed by atoms with Crippen LogP contribution in [0.1, 0.15) is 17.0 Å². The van der Waals surface area contributed by atoms with E-state index in [1.54, 1.807) is 24.3 Å². The van der Waals surface area contributed by atoms with Gasteiger partial charge in [-0.25, -0.2) is 15.0 Å². The van der Waals surface area contributed by atoms with Crippen LogP contribution in [0.25, 0.3) is 21.9 Å². The van der Waals surface area contributed by atoms with Crippen molar-refractivity contribution in [3.8, 4) is 0 Å². The monoisotopic (exact) mass is 412 g/mol. The van der Waals surface area contributed by atoms with Crippen molar-refractivity contribution in [3.05, 3.63) is 47.6 Å². The average Bonchev–Trinajstić information content (AvgIpc) is 3.07. The van der Waals surface area contributed by atoms with E-state index in [4.69, 9.17) is 26.9 Å². The number of benzene rings is 1. The second-order valence-corrected chi connectivity index (χ2v) is 6.61. The van der Waals surface area contributed by atoms with Gasteiger partial charge in [0, 0.05) is 24.6 Å². The Morgan fingerprint density at radius 3 is 2.83 bits per heavy atom. The summed E-state index contributed by atoms with van der Waals surface area (Å²) in [5, 5.41) is 17.1. The van der Waals surface area contributed by atoms with Crippen molar-refractivity contribution < 1.29 is 14.3 Å². The number of hydrogen-bond acceptors (Lipinski definition) is 8. The Labute approximate surface area is 169 Å². The predicted octanol–water partition coefficient (Wildman–Crippen LogP) is 3.06. The lowest BCUT2D eigenvalue weighted by atomic mass is 10.1. The van der Waals surface area contributed by atoms with Gasteiger partial charge in [-0.1, -0.05) is 11.6 Å².